The second-order valence-electron chi connectivity index (χ2n) is 10.9. The summed E-state index contributed by atoms with van der Waals surface area (Å²) in [6.07, 6.45) is -2.51. The van der Waals surface area contributed by atoms with Gasteiger partial charge in [-0.05, 0) is 60.9 Å². The van der Waals surface area contributed by atoms with Crippen molar-refractivity contribution in [3.63, 3.8) is 0 Å². The van der Waals surface area contributed by atoms with Gasteiger partial charge in [-0.25, -0.2) is 13.4 Å². The fourth-order valence-electron chi connectivity index (χ4n) is 5.60. The van der Waals surface area contributed by atoms with Crippen LogP contribution in [0.3, 0.4) is 0 Å². The fourth-order valence-corrected chi connectivity index (χ4v) is 7.07. The molecule has 3 heterocycles. The molecule has 0 saturated carbocycles. The van der Waals surface area contributed by atoms with Gasteiger partial charge >= 0.3 is 6.18 Å². The molecule has 1 fully saturated rings. The topological polar surface area (TPSA) is 57.9 Å². The Morgan fingerprint density at radius 1 is 0.814 bits per heavy atom. The fraction of sp³-hybridized carbons (Fsp3) is 0.242. The number of hydrogen-bond donors (Lipinski definition) is 0. The lowest BCUT2D eigenvalue weighted by molar-refractivity contribution is -0.137. The van der Waals surface area contributed by atoms with Crippen LogP contribution in [0.5, 0.6) is 0 Å². The van der Waals surface area contributed by atoms with E-state index in [0.717, 1.165) is 45.9 Å². The van der Waals surface area contributed by atoms with Crippen molar-refractivity contribution >= 4 is 15.7 Å². The van der Waals surface area contributed by atoms with Gasteiger partial charge < -0.3 is 4.40 Å². The van der Waals surface area contributed by atoms with Crippen LogP contribution in [0, 0.1) is 13.8 Å². The number of imidazole rings is 1. The first-order valence-electron chi connectivity index (χ1n) is 14.0. The molecule has 0 unspecified atom stereocenters. The van der Waals surface area contributed by atoms with Crippen molar-refractivity contribution in [2.45, 2.75) is 31.5 Å². The van der Waals surface area contributed by atoms with Crippen LogP contribution in [0.15, 0.2) is 96.0 Å². The average Bonchev–Trinajstić information content (AvgIpc) is 3.36. The molecule has 43 heavy (non-hydrogen) atoms. The van der Waals surface area contributed by atoms with Gasteiger partial charge in [-0.2, -0.15) is 17.5 Å². The van der Waals surface area contributed by atoms with Crippen LogP contribution in [-0.2, 0) is 22.7 Å². The molecule has 3 aromatic carbocycles. The Morgan fingerprint density at radius 3 is 2.28 bits per heavy atom. The second-order valence-corrected chi connectivity index (χ2v) is 12.9. The van der Waals surface area contributed by atoms with E-state index in [9.17, 15) is 21.6 Å². The number of hydrogen-bond acceptors (Lipinski definition) is 4. The summed E-state index contributed by atoms with van der Waals surface area (Å²) in [5, 5.41) is 0. The third kappa shape index (κ3) is 5.82. The van der Waals surface area contributed by atoms with Crippen molar-refractivity contribution in [1.29, 1.82) is 0 Å². The minimum absolute atomic E-state index is 0.170. The van der Waals surface area contributed by atoms with Crippen LogP contribution >= 0.6 is 0 Å². The van der Waals surface area contributed by atoms with Gasteiger partial charge in [0.2, 0.25) is 10.0 Å². The molecule has 222 valence electrons. The Balaban J connectivity index is 1.29. The van der Waals surface area contributed by atoms with E-state index in [0.29, 0.717) is 25.7 Å². The number of piperazine rings is 1. The summed E-state index contributed by atoms with van der Waals surface area (Å²) in [5.41, 5.74) is 7.24. The highest BCUT2D eigenvalue weighted by molar-refractivity contribution is 7.89. The van der Waals surface area contributed by atoms with Crippen LogP contribution in [0.1, 0.15) is 22.4 Å². The van der Waals surface area contributed by atoms with Gasteiger partial charge in [-0.3, -0.25) is 4.90 Å². The highest BCUT2D eigenvalue weighted by Gasteiger charge is 2.34. The summed E-state index contributed by atoms with van der Waals surface area (Å²) in [6, 6.07) is 24.4. The summed E-state index contributed by atoms with van der Waals surface area (Å²) < 4.78 is 69.6. The molecule has 1 aliphatic heterocycles. The van der Waals surface area contributed by atoms with E-state index in [1.807, 2.05) is 36.4 Å². The number of fused-ring (bicyclic) bond motifs is 1. The molecular formula is C33H31F3N4O2S. The van der Waals surface area contributed by atoms with Crippen LogP contribution < -0.4 is 0 Å². The predicted octanol–water partition coefficient (Wildman–Crippen LogP) is 6.81. The van der Waals surface area contributed by atoms with Gasteiger partial charge in [0.15, 0.2) is 0 Å². The molecule has 10 heteroatoms. The molecule has 0 amide bonds. The Hall–Kier alpha value is -3.99. The van der Waals surface area contributed by atoms with E-state index < -0.39 is 21.8 Å². The number of alkyl halides is 3. The van der Waals surface area contributed by atoms with Crippen LogP contribution in [0.25, 0.3) is 28.0 Å². The average molecular weight is 605 g/mol. The quantitative estimate of drug-likeness (QED) is 0.214. The van der Waals surface area contributed by atoms with Crippen LogP contribution in [-0.4, -0.2) is 53.2 Å². The lowest BCUT2D eigenvalue weighted by Crippen LogP contribution is -2.48. The molecule has 6 nitrogen and oxygen atoms in total. The Labute approximate surface area is 249 Å². The standard InChI is InChI=1S/C33H31F3N4O2S/c1-23-11-12-24(2)29(19-23)26-13-14-31-37-32(25-7-4-3-5-8-25)30(40(31)21-26)22-38-15-17-39(18-16-38)43(41,42)28-10-6-9-27(20-28)33(34,35)36/h3-14,19-21H,15-18,22H2,1-2H3. The number of sulfonamides is 1. The van der Waals surface area contributed by atoms with Crippen molar-refractivity contribution < 1.29 is 21.6 Å². The Kier molecular flexibility index (Phi) is 7.62. The van der Waals surface area contributed by atoms with Crippen LogP contribution in [0.2, 0.25) is 0 Å². The van der Waals surface area contributed by atoms with E-state index in [2.05, 4.69) is 53.6 Å². The maximum Gasteiger partial charge on any atom is 0.416 e. The zero-order valence-corrected chi connectivity index (χ0v) is 24.7. The van der Waals surface area contributed by atoms with Gasteiger partial charge in [0, 0.05) is 44.5 Å². The first-order chi connectivity index (χ1) is 20.5. The molecule has 0 spiro atoms. The third-order valence-corrected chi connectivity index (χ3v) is 9.87. The molecule has 1 saturated heterocycles. The molecule has 0 bridgehead atoms. The first kappa shape index (κ1) is 29.1. The molecule has 0 N–H and O–H groups in total. The van der Waals surface area contributed by atoms with E-state index >= 15 is 0 Å². The smallest absolute Gasteiger partial charge is 0.301 e. The van der Waals surface area contributed by atoms with E-state index in [-0.39, 0.29) is 18.0 Å². The molecular weight excluding hydrogens is 573 g/mol. The Bertz CT molecular complexity index is 1900. The minimum atomic E-state index is -4.62. The first-order valence-corrected chi connectivity index (χ1v) is 15.5. The summed E-state index contributed by atoms with van der Waals surface area (Å²) in [4.78, 5) is 6.80. The predicted molar refractivity (Wildman–Crippen MR) is 161 cm³/mol. The molecule has 0 aliphatic carbocycles. The number of nitrogens with zero attached hydrogens (tertiary/aromatic N) is 4. The van der Waals surface area contributed by atoms with Gasteiger partial charge in [-0.15, -0.1) is 0 Å². The van der Waals surface area contributed by atoms with Crippen molar-refractivity contribution in [2.75, 3.05) is 26.2 Å². The summed E-state index contributed by atoms with van der Waals surface area (Å²) in [6.45, 7) is 5.89. The second kappa shape index (κ2) is 11.3. The molecule has 0 radical (unpaired) electrons. The van der Waals surface area contributed by atoms with Gasteiger partial charge in [-0.1, -0.05) is 60.2 Å². The lowest BCUT2D eigenvalue weighted by atomic mass is 10.00. The lowest BCUT2D eigenvalue weighted by Gasteiger charge is -2.34. The normalized spacial score (nSPS) is 15.3. The number of rotatable bonds is 6. The summed E-state index contributed by atoms with van der Waals surface area (Å²) in [7, 11) is -4.07. The third-order valence-electron chi connectivity index (χ3n) is 7.97. The Morgan fingerprint density at radius 2 is 1.56 bits per heavy atom. The summed E-state index contributed by atoms with van der Waals surface area (Å²) >= 11 is 0. The number of pyridine rings is 1. The number of halogens is 3. The highest BCUT2D eigenvalue weighted by Crippen LogP contribution is 2.32. The number of benzene rings is 3. The minimum Gasteiger partial charge on any atom is -0.301 e. The monoisotopic (exact) mass is 604 g/mol. The molecule has 2 aromatic heterocycles. The molecule has 6 rings (SSSR count). The highest BCUT2D eigenvalue weighted by atomic mass is 32.2. The zero-order valence-electron chi connectivity index (χ0n) is 23.8. The van der Waals surface area contributed by atoms with Crippen LogP contribution in [0.4, 0.5) is 13.2 Å². The SMILES string of the molecule is Cc1ccc(C)c(-c2ccc3nc(-c4ccccc4)c(CN4CCN(S(=O)(=O)c5cccc(C(F)(F)F)c5)CC4)n3c2)c1. The summed E-state index contributed by atoms with van der Waals surface area (Å²) in [5.74, 6) is 0. The number of aryl methyl sites for hydroxylation is 2. The van der Waals surface area contributed by atoms with E-state index in [1.165, 1.54) is 21.5 Å². The maximum atomic E-state index is 13.3. The van der Waals surface area contributed by atoms with Crippen molar-refractivity contribution in [3.05, 3.63) is 114 Å². The van der Waals surface area contributed by atoms with Gasteiger partial charge in [0.05, 0.1) is 21.8 Å². The van der Waals surface area contributed by atoms with Gasteiger partial charge in [0.1, 0.15) is 5.65 Å². The maximum absolute atomic E-state index is 13.3. The van der Waals surface area contributed by atoms with Crippen molar-refractivity contribution in [1.82, 2.24) is 18.6 Å². The zero-order chi connectivity index (χ0) is 30.4. The van der Waals surface area contributed by atoms with Crippen molar-refractivity contribution in [2.24, 2.45) is 0 Å². The van der Waals surface area contributed by atoms with E-state index in [1.54, 1.807) is 0 Å². The van der Waals surface area contributed by atoms with E-state index in [4.69, 9.17) is 4.98 Å². The molecule has 5 aromatic rings. The molecule has 1 aliphatic rings. The largest absolute Gasteiger partial charge is 0.416 e. The molecule has 0 atom stereocenters. The number of aromatic nitrogens is 2. The van der Waals surface area contributed by atoms with Crippen molar-refractivity contribution in [3.8, 4) is 22.4 Å². The van der Waals surface area contributed by atoms with Gasteiger partial charge in [0.25, 0.3) is 0 Å².